The van der Waals surface area contributed by atoms with Crippen LogP contribution >= 0.6 is 0 Å². The van der Waals surface area contributed by atoms with Gasteiger partial charge in [0.1, 0.15) is 5.75 Å². The standard InChI is InChI=1S/C18H29NO/c1-17-9-11-18(12-10-17)20-16-8-3-2-5-13-19-14-6-4-7-15-19/h9-12H,2-8,13-16H2,1H3/p+1. The Morgan fingerprint density at radius 1 is 0.900 bits per heavy atom. The summed E-state index contributed by atoms with van der Waals surface area (Å²) in [5.74, 6) is 1.01. The number of likely N-dealkylation sites (tertiary alicyclic amines) is 1. The van der Waals surface area contributed by atoms with E-state index in [0.29, 0.717) is 0 Å². The number of ether oxygens (including phenoxy) is 1. The van der Waals surface area contributed by atoms with Crippen LogP contribution in [0.4, 0.5) is 0 Å². The van der Waals surface area contributed by atoms with Crippen LogP contribution in [0.25, 0.3) is 0 Å². The SMILES string of the molecule is Cc1ccc(OCCCCCC[NH+]2CCCCC2)cc1. The van der Waals surface area contributed by atoms with Gasteiger partial charge < -0.3 is 9.64 Å². The molecule has 0 bridgehead atoms. The Morgan fingerprint density at radius 3 is 2.35 bits per heavy atom. The molecule has 1 saturated heterocycles. The highest BCUT2D eigenvalue weighted by Gasteiger charge is 2.11. The molecule has 1 aliphatic heterocycles. The molecule has 0 aromatic heterocycles. The van der Waals surface area contributed by atoms with Crippen molar-refractivity contribution in [1.29, 1.82) is 0 Å². The van der Waals surface area contributed by atoms with Crippen molar-refractivity contribution in [3.8, 4) is 5.75 Å². The molecule has 0 atom stereocenters. The highest BCUT2D eigenvalue weighted by molar-refractivity contribution is 5.26. The van der Waals surface area contributed by atoms with E-state index < -0.39 is 0 Å². The van der Waals surface area contributed by atoms with Gasteiger partial charge >= 0.3 is 0 Å². The number of piperidine rings is 1. The summed E-state index contributed by atoms with van der Waals surface area (Å²) in [6.07, 6.45) is 9.59. The van der Waals surface area contributed by atoms with E-state index in [9.17, 15) is 0 Å². The summed E-state index contributed by atoms with van der Waals surface area (Å²) in [5, 5.41) is 0. The zero-order valence-corrected chi connectivity index (χ0v) is 13.0. The number of aryl methyl sites for hydroxylation is 1. The van der Waals surface area contributed by atoms with E-state index in [1.165, 1.54) is 70.1 Å². The van der Waals surface area contributed by atoms with Crippen LogP contribution in [-0.4, -0.2) is 26.2 Å². The Balaban J connectivity index is 1.44. The summed E-state index contributed by atoms with van der Waals surface area (Å²) in [7, 11) is 0. The quantitative estimate of drug-likeness (QED) is 0.721. The Bertz CT molecular complexity index is 354. The van der Waals surface area contributed by atoms with E-state index in [1.807, 2.05) is 4.90 Å². The topological polar surface area (TPSA) is 13.7 Å². The van der Waals surface area contributed by atoms with E-state index >= 15 is 0 Å². The fourth-order valence-electron chi connectivity index (χ4n) is 2.96. The highest BCUT2D eigenvalue weighted by atomic mass is 16.5. The van der Waals surface area contributed by atoms with E-state index in [-0.39, 0.29) is 0 Å². The maximum atomic E-state index is 5.75. The second-order valence-electron chi connectivity index (χ2n) is 6.14. The average Bonchev–Trinajstić information content (AvgIpc) is 2.49. The Morgan fingerprint density at radius 2 is 1.60 bits per heavy atom. The Kier molecular flexibility index (Phi) is 6.93. The van der Waals surface area contributed by atoms with E-state index in [4.69, 9.17) is 4.74 Å². The lowest BCUT2D eigenvalue weighted by molar-refractivity contribution is -0.905. The minimum absolute atomic E-state index is 0.861. The number of hydrogen-bond acceptors (Lipinski definition) is 1. The monoisotopic (exact) mass is 276 g/mol. The summed E-state index contributed by atoms with van der Waals surface area (Å²) < 4.78 is 5.75. The maximum absolute atomic E-state index is 5.75. The molecule has 0 aliphatic carbocycles. The molecule has 0 spiro atoms. The van der Waals surface area contributed by atoms with Crippen molar-refractivity contribution in [2.75, 3.05) is 26.2 Å². The molecule has 20 heavy (non-hydrogen) atoms. The van der Waals surface area contributed by atoms with Crippen LogP contribution < -0.4 is 9.64 Å². The number of hydrogen-bond donors (Lipinski definition) is 1. The molecule has 1 heterocycles. The number of unbranched alkanes of at least 4 members (excludes halogenated alkanes) is 3. The molecule has 0 radical (unpaired) electrons. The van der Waals surface area contributed by atoms with Crippen molar-refractivity contribution < 1.29 is 9.64 Å². The summed E-state index contributed by atoms with van der Waals surface area (Å²) >= 11 is 0. The van der Waals surface area contributed by atoms with Gasteiger partial charge in [0.2, 0.25) is 0 Å². The van der Waals surface area contributed by atoms with Crippen molar-refractivity contribution in [3.63, 3.8) is 0 Å². The lowest BCUT2D eigenvalue weighted by atomic mass is 10.1. The van der Waals surface area contributed by atoms with Crippen molar-refractivity contribution in [2.24, 2.45) is 0 Å². The molecule has 2 heteroatoms. The molecule has 0 saturated carbocycles. The third-order valence-corrected chi connectivity index (χ3v) is 4.28. The lowest BCUT2D eigenvalue weighted by Gasteiger charge is -2.23. The first kappa shape index (κ1) is 15.4. The summed E-state index contributed by atoms with van der Waals surface area (Å²) in [6.45, 7) is 7.18. The van der Waals surface area contributed by atoms with Gasteiger partial charge in [0, 0.05) is 0 Å². The number of nitrogens with one attached hydrogen (secondary N) is 1. The molecule has 2 nitrogen and oxygen atoms in total. The second kappa shape index (κ2) is 9.02. The average molecular weight is 276 g/mol. The van der Waals surface area contributed by atoms with Crippen LogP contribution in [-0.2, 0) is 0 Å². The first-order valence-corrected chi connectivity index (χ1v) is 8.37. The van der Waals surface area contributed by atoms with Crippen LogP contribution in [0.1, 0.15) is 50.5 Å². The van der Waals surface area contributed by atoms with Crippen LogP contribution in [0.2, 0.25) is 0 Å². The van der Waals surface area contributed by atoms with E-state index in [2.05, 4.69) is 31.2 Å². The zero-order valence-electron chi connectivity index (χ0n) is 13.0. The van der Waals surface area contributed by atoms with Gasteiger partial charge in [0.25, 0.3) is 0 Å². The predicted molar refractivity (Wildman–Crippen MR) is 84.6 cm³/mol. The molecule has 1 fully saturated rings. The molecule has 2 rings (SSSR count). The normalized spacial score (nSPS) is 16.2. The van der Waals surface area contributed by atoms with Gasteiger partial charge in [0.05, 0.1) is 26.2 Å². The van der Waals surface area contributed by atoms with Crippen molar-refractivity contribution in [1.82, 2.24) is 0 Å². The summed E-state index contributed by atoms with van der Waals surface area (Å²) in [5.41, 5.74) is 1.29. The first-order chi connectivity index (χ1) is 9.84. The third kappa shape index (κ3) is 5.96. The number of benzene rings is 1. The molecular formula is C18H30NO+. The lowest BCUT2D eigenvalue weighted by Crippen LogP contribution is -3.12. The fourth-order valence-corrected chi connectivity index (χ4v) is 2.96. The molecule has 112 valence electrons. The van der Waals surface area contributed by atoms with Crippen LogP contribution in [0.3, 0.4) is 0 Å². The molecule has 0 amide bonds. The smallest absolute Gasteiger partial charge is 0.119 e. The predicted octanol–water partition coefficient (Wildman–Crippen LogP) is 3.00. The van der Waals surface area contributed by atoms with Gasteiger partial charge in [-0.1, -0.05) is 17.7 Å². The zero-order chi connectivity index (χ0) is 14.0. The molecule has 1 aliphatic rings. The highest BCUT2D eigenvalue weighted by Crippen LogP contribution is 2.12. The van der Waals surface area contributed by atoms with Crippen LogP contribution in [0, 0.1) is 6.92 Å². The van der Waals surface area contributed by atoms with Gasteiger partial charge in [-0.3, -0.25) is 0 Å². The van der Waals surface area contributed by atoms with Gasteiger partial charge in [-0.25, -0.2) is 0 Å². The number of quaternary nitrogens is 1. The van der Waals surface area contributed by atoms with Gasteiger partial charge in [0.15, 0.2) is 0 Å². The maximum Gasteiger partial charge on any atom is 0.119 e. The summed E-state index contributed by atoms with van der Waals surface area (Å²) in [6, 6.07) is 8.34. The molecule has 1 N–H and O–H groups in total. The van der Waals surface area contributed by atoms with E-state index in [1.54, 1.807) is 0 Å². The van der Waals surface area contributed by atoms with Crippen molar-refractivity contribution in [3.05, 3.63) is 29.8 Å². The largest absolute Gasteiger partial charge is 0.494 e. The minimum atomic E-state index is 0.861. The van der Waals surface area contributed by atoms with Crippen molar-refractivity contribution >= 4 is 0 Å². The van der Waals surface area contributed by atoms with Crippen molar-refractivity contribution in [2.45, 2.75) is 51.9 Å². The third-order valence-electron chi connectivity index (χ3n) is 4.28. The van der Waals surface area contributed by atoms with Crippen LogP contribution in [0.5, 0.6) is 5.75 Å². The molecular weight excluding hydrogens is 246 g/mol. The molecule has 1 aromatic rings. The Labute approximate surface area is 124 Å². The van der Waals surface area contributed by atoms with Gasteiger partial charge in [-0.2, -0.15) is 0 Å². The first-order valence-electron chi connectivity index (χ1n) is 8.37. The second-order valence-corrected chi connectivity index (χ2v) is 6.14. The summed E-state index contributed by atoms with van der Waals surface area (Å²) in [4.78, 5) is 1.84. The molecule has 0 unspecified atom stereocenters. The minimum Gasteiger partial charge on any atom is -0.494 e. The molecule has 1 aromatic carbocycles. The van der Waals surface area contributed by atoms with Crippen LogP contribution in [0.15, 0.2) is 24.3 Å². The van der Waals surface area contributed by atoms with Gasteiger partial charge in [-0.15, -0.1) is 0 Å². The Hall–Kier alpha value is -1.02. The fraction of sp³-hybridized carbons (Fsp3) is 0.667. The number of rotatable bonds is 8. The van der Waals surface area contributed by atoms with E-state index in [0.717, 1.165) is 12.4 Å². The van der Waals surface area contributed by atoms with Gasteiger partial charge in [-0.05, 0) is 64.0 Å².